The van der Waals surface area contributed by atoms with Crippen molar-refractivity contribution in [2.24, 2.45) is 17.8 Å². The second-order valence-electron chi connectivity index (χ2n) is 5.92. The quantitative estimate of drug-likeness (QED) is 0.846. The molecule has 0 unspecified atom stereocenters. The van der Waals surface area contributed by atoms with E-state index < -0.39 is 0 Å². The van der Waals surface area contributed by atoms with Crippen LogP contribution in [-0.2, 0) is 6.54 Å². The Morgan fingerprint density at radius 3 is 2.45 bits per heavy atom. The molecule has 0 saturated carbocycles. The Kier molecular flexibility index (Phi) is 4.48. The zero-order valence-electron chi connectivity index (χ0n) is 12.8. The number of methoxy groups -OCH3 is 1. The molecule has 0 bridgehead atoms. The topological polar surface area (TPSA) is 42.8 Å². The standard InChI is InChI=1S/C15H23N3OS/c1-9(2)11(10(3)4)8-18-14-12(16-15(18)20)6-7-13(17-14)19-5/h6-7,9-11H,8H2,1-5H3,(H,16,20). The van der Waals surface area contributed by atoms with Gasteiger partial charge < -0.3 is 14.3 Å². The number of nitrogens with one attached hydrogen (secondary N) is 1. The Morgan fingerprint density at radius 1 is 1.25 bits per heavy atom. The predicted octanol–water partition coefficient (Wildman–Crippen LogP) is 4.03. The minimum Gasteiger partial charge on any atom is -0.481 e. The molecule has 1 N–H and O–H groups in total. The molecule has 0 aliphatic carbocycles. The molecule has 0 aliphatic rings. The van der Waals surface area contributed by atoms with E-state index in [1.807, 2.05) is 12.1 Å². The maximum atomic E-state index is 5.45. The molecule has 2 heterocycles. The van der Waals surface area contributed by atoms with Crippen molar-refractivity contribution in [2.45, 2.75) is 34.2 Å². The zero-order chi connectivity index (χ0) is 14.9. The number of ether oxygens (including phenoxy) is 1. The van der Waals surface area contributed by atoms with Gasteiger partial charge in [-0.3, -0.25) is 0 Å². The molecule has 0 radical (unpaired) electrons. The Hall–Kier alpha value is -1.36. The highest BCUT2D eigenvalue weighted by Crippen LogP contribution is 2.25. The molecule has 0 aliphatic heterocycles. The van der Waals surface area contributed by atoms with Crippen LogP contribution in [0.25, 0.3) is 11.2 Å². The Labute approximate surface area is 125 Å². The average molecular weight is 293 g/mol. The first-order valence-electron chi connectivity index (χ1n) is 7.07. The predicted molar refractivity (Wildman–Crippen MR) is 84.6 cm³/mol. The number of hydrogen-bond acceptors (Lipinski definition) is 3. The summed E-state index contributed by atoms with van der Waals surface area (Å²) in [6, 6.07) is 3.81. The smallest absolute Gasteiger partial charge is 0.215 e. The van der Waals surface area contributed by atoms with Gasteiger partial charge in [0.1, 0.15) is 0 Å². The first-order chi connectivity index (χ1) is 9.43. The van der Waals surface area contributed by atoms with E-state index in [4.69, 9.17) is 17.0 Å². The molecule has 0 fully saturated rings. The average Bonchev–Trinajstić information content (AvgIpc) is 2.69. The van der Waals surface area contributed by atoms with E-state index in [2.05, 4.69) is 42.2 Å². The molecular formula is C15H23N3OS. The van der Waals surface area contributed by atoms with Crippen LogP contribution in [0, 0.1) is 22.5 Å². The van der Waals surface area contributed by atoms with Crippen molar-refractivity contribution in [1.82, 2.24) is 14.5 Å². The van der Waals surface area contributed by atoms with Crippen molar-refractivity contribution in [3.8, 4) is 5.88 Å². The number of H-pyrrole nitrogens is 1. The maximum absolute atomic E-state index is 5.45. The molecule has 2 rings (SSSR count). The minimum atomic E-state index is 0.564. The van der Waals surface area contributed by atoms with Crippen LogP contribution < -0.4 is 4.74 Å². The molecule has 0 spiro atoms. The Balaban J connectivity index is 2.47. The summed E-state index contributed by atoms with van der Waals surface area (Å²) in [5.41, 5.74) is 1.84. The number of aromatic nitrogens is 3. The van der Waals surface area contributed by atoms with E-state index in [9.17, 15) is 0 Å². The number of fused-ring (bicyclic) bond motifs is 1. The van der Waals surface area contributed by atoms with Gasteiger partial charge in [0, 0.05) is 12.6 Å². The van der Waals surface area contributed by atoms with Crippen LogP contribution in [0.4, 0.5) is 0 Å². The van der Waals surface area contributed by atoms with Crippen molar-refractivity contribution in [3.63, 3.8) is 0 Å². The highest BCUT2D eigenvalue weighted by molar-refractivity contribution is 7.71. The van der Waals surface area contributed by atoms with Crippen molar-refractivity contribution >= 4 is 23.4 Å². The first-order valence-corrected chi connectivity index (χ1v) is 7.48. The number of hydrogen-bond donors (Lipinski definition) is 1. The van der Waals surface area contributed by atoms with Crippen LogP contribution in [0.5, 0.6) is 5.88 Å². The van der Waals surface area contributed by atoms with Gasteiger partial charge in [-0.1, -0.05) is 27.7 Å². The van der Waals surface area contributed by atoms with Gasteiger partial charge in [0.25, 0.3) is 0 Å². The molecule has 0 amide bonds. The fourth-order valence-electron chi connectivity index (χ4n) is 2.70. The second-order valence-corrected chi connectivity index (χ2v) is 6.30. The van der Waals surface area contributed by atoms with Gasteiger partial charge in [-0.25, -0.2) is 0 Å². The lowest BCUT2D eigenvalue weighted by Gasteiger charge is -2.25. The van der Waals surface area contributed by atoms with Gasteiger partial charge in [0.15, 0.2) is 10.4 Å². The molecule has 0 aromatic carbocycles. The minimum absolute atomic E-state index is 0.564. The van der Waals surface area contributed by atoms with E-state index in [1.165, 1.54) is 0 Å². The summed E-state index contributed by atoms with van der Waals surface area (Å²) in [7, 11) is 1.63. The summed E-state index contributed by atoms with van der Waals surface area (Å²) in [5.74, 6) is 2.39. The molecule has 110 valence electrons. The second kappa shape index (κ2) is 5.95. The van der Waals surface area contributed by atoms with Crippen molar-refractivity contribution < 1.29 is 4.74 Å². The van der Waals surface area contributed by atoms with Gasteiger partial charge in [0.2, 0.25) is 5.88 Å². The fraction of sp³-hybridized carbons (Fsp3) is 0.600. The lowest BCUT2D eigenvalue weighted by Crippen LogP contribution is -2.22. The van der Waals surface area contributed by atoms with E-state index in [0.717, 1.165) is 22.5 Å². The van der Waals surface area contributed by atoms with E-state index in [-0.39, 0.29) is 0 Å². The summed E-state index contributed by atoms with van der Waals surface area (Å²) in [6.07, 6.45) is 0. The van der Waals surface area contributed by atoms with Crippen LogP contribution in [-0.4, -0.2) is 21.6 Å². The summed E-state index contributed by atoms with van der Waals surface area (Å²) in [5, 5.41) is 0. The third-order valence-electron chi connectivity index (χ3n) is 3.91. The number of pyridine rings is 1. The largest absolute Gasteiger partial charge is 0.481 e. The molecule has 4 nitrogen and oxygen atoms in total. The van der Waals surface area contributed by atoms with Crippen LogP contribution in [0.3, 0.4) is 0 Å². The zero-order valence-corrected chi connectivity index (χ0v) is 13.6. The molecule has 5 heteroatoms. The van der Waals surface area contributed by atoms with E-state index in [1.54, 1.807) is 7.11 Å². The molecule has 0 atom stereocenters. The third-order valence-corrected chi connectivity index (χ3v) is 4.23. The number of rotatable bonds is 5. The van der Waals surface area contributed by atoms with Crippen molar-refractivity contribution in [3.05, 3.63) is 16.9 Å². The summed E-state index contributed by atoms with van der Waals surface area (Å²) in [4.78, 5) is 7.75. The lowest BCUT2D eigenvalue weighted by atomic mass is 9.85. The third kappa shape index (κ3) is 2.87. The van der Waals surface area contributed by atoms with Gasteiger partial charge in [-0.15, -0.1) is 0 Å². The van der Waals surface area contributed by atoms with Gasteiger partial charge in [-0.05, 0) is 36.0 Å². The maximum Gasteiger partial charge on any atom is 0.215 e. The fourth-order valence-corrected chi connectivity index (χ4v) is 2.97. The highest BCUT2D eigenvalue weighted by atomic mass is 32.1. The van der Waals surface area contributed by atoms with Crippen molar-refractivity contribution in [1.29, 1.82) is 0 Å². The Bertz CT molecular complexity index is 634. The first kappa shape index (κ1) is 15.0. The molecule has 0 saturated heterocycles. The van der Waals surface area contributed by atoms with E-state index >= 15 is 0 Å². The molecule has 2 aromatic rings. The van der Waals surface area contributed by atoms with Crippen LogP contribution >= 0.6 is 12.2 Å². The monoisotopic (exact) mass is 293 g/mol. The number of imidazole rings is 1. The SMILES string of the molecule is COc1ccc2[nH]c(=S)n(CC(C(C)C)C(C)C)c2n1. The van der Waals surface area contributed by atoms with E-state index in [0.29, 0.717) is 23.6 Å². The summed E-state index contributed by atoms with van der Waals surface area (Å²) >= 11 is 5.45. The van der Waals surface area contributed by atoms with Gasteiger partial charge >= 0.3 is 0 Å². The van der Waals surface area contributed by atoms with Crippen LogP contribution in [0.2, 0.25) is 0 Å². The van der Waals surface area contributed by atoms with Crippen molar-refractivity contribution in [2.75, 3.05) is 7.11 Å². The molecule has 2 aromatic heterocycles. The lowest BCUT2D eigenvalue weighted by molar-refractivity contribution is 0.253. The van der Waals surface area contributed by atoms with Crippen LogP contribution in [0.1, 0.15) is 27.7 Å². The highest BCUT2D eigenvalue weighted by Gasteiger charge is 2.20. The van der Waals surface area contributed by atoms with Crippen LogP contribution in [0.15, 0.2) is 12.1 Å². The van der Waals surface area contributed by atoms with Gasteiger partial charge in [0.05, 0.1) is 12.6 Å². The van der Waals surface area contributed by atoms with Gasteiger partial charge in [-0.2, -0.15) is 4.98 Å². The number of nitrogens with zero attached hydrogens (tertiary/aromatic N) is 2. The molecule has 20 heavy (non-hydrogen) atoms. The summed E-state index contributed by atoms with van der Waals surface area (Å²) in [6.45, 7) is 9.93. The normalized spacial score (nSPS) is 12.0. The number of aromatic amines is 1. The summed E-state index contributed by atoms with van der Waals surface area (Å²) < 4.78 is 8.04. The Morgan fingerprint density at radius 2 is 1.90 bits per heavy atom. The molecular weight excluding hydrogens is 270 g/mol.